The van der Waals surface area contributed by atoms with Crippen LogP contribution in [0.3, 0.4) is 0 Å². The predicted molar refractivity (Wildman–Crippen MR) is 41.7 cm³/mol. The number of hydrogen-bond donors (Lipinski definition) is 0. The Morgan fingerprint density at radius 2 is 1.90 bits per heavy atom. The average molecular weight is 141 g/mol. The van der Waals surface area contributed by atoms with Crippen LogP contribution in [0.4, 0.5) is 0 Å². The van der Waals surface area contributed by atoms with Crippen molar-refractivity contribution in [2.24, 2.45) is 10.9 Å². The normalized spacial score (nSPS) is 12.8. The first-order valence-corrected chi connectivity index (χ1v) is 3.83. The van der Waals surface area contributed by atoms with Crippen LogP contribution >= 0.6 is 0 Å². The molecule has 0 amide bonds. The van der Waals surface area contributed by atoms with E-state index in [4.69, 9.17) is 0 Å². The second-order valence-electron chi connectivity index (χ2n) is 2.54. The summed E-state index contributed by atoms with van der Waals surface area (Å²) in [5.74, 6) is 0.543. The monoisotopic (exact) mass is 141 g/mol. The van der Waals surface area contributed by atoms with E-state index in [-0.39, 0.29) is 6.04 Å². The molecule has 0 aromatic rings. The molecule has 0 saturated heterocycles. The van der Waals surface area contributed by atoms with E-state index in [1.54, 1.807) is 6.08 Å². The van der Waals surface area contributed by atoms with Gasteiger partial charge in [0.1, 0.15) is 0 Å². The molecule has 0 aromatic heterocycles. The summed E-state index contributed by atoms with van der Waals surface area (Å²) in [4.78, 5) is 13.5. The summed E-state index contributed by atoms with van der Waals surface area (Å²) in [5.41, 5.74) is 0. The maximum absolute atomic E-state index is 9.86. The van der Waals surface area contributed by atoms with E-state index in [9.17, 15) is 4.79 Å². The average Bonchev–Trinajstić information content (AvgIpc) is 1.91. The molecule has 0 saturated carbocycles. The van der Waals surface area contributed by atoms with Crippen LogP contribution in [-0.2, 0) is 4.79 Å². The highest BCUT2D eigenvalue weighted by Gasteiger charge is 2.10. The van der Waals surface area contributed by atoms with Gasteiger partial charge >= 0.3 is 0 Å². The Kier molecular flexibility index (Phi) is 4.87. The van der Waals surface area contributed by atoms with E-state index >= 15 is 0 Å². The fraction of sp³-hybridized carbons (Fsp3) is 0.875. The van der Waals surface area contributed by atoms with Gasteiger partial charge in [0.05, 0.1) is 6.04 Å². The minimum absolute atomic E-state index is 0.146. The molecule has 0 unspecified atom stereocenters. The van der Waals surface area contributed by atoms with Crippen molar-refractivity contribution in [1.82, 2.24) is 0 Å². The maximum atomic E-state index is 9.86. The van der Waals surface area contributed by atoms with Gasteiger partial charge in [-0.3, -0.25) is 0 Å². The molecule has 0 aliphatic heterocycles. The number of isocyanates is 1. The van der Waals surface area contributed by atoms with Crippen molar-refractivity contribution in [2.75, 3.05) is 0 Å². The van der Waals surface area contributed by atoms with Gasteiger partial charge in [-0.15, -0.1) is 0 Å². The lowest BCUT2D eigenvalue weighted by molar-refractivity contribution is 0.416. The molecule has 2 nitrogen and oxygen atoms in total. The van der Waals surface area contributed by atoms with E-state index in [1.807, 2.05) is 6.92 Å². The van der Waals surface area contributed by atoms with Crippen molar-refractivity contribution >= 4 is 6.08 Å². The van der Waals surface area contributed by atoms with Crippen LogP contribution in [0.2, 0.25) is 0 Å². The zero-order chi connectivity index (χ0) is 7.98. The fourth-order valence-corrected chi connectivity index (χ4v) is 1.16. The van der Waals surface area contributed by atoms with Gasteiger partial charge in [-0.05, 0) is 12.8 Å². The Morgan fingerprint density at radius 1 is 1.40 bits per heavy atom. The smallest absolute Gasteiger partial charge is 0.211 e. The number of carbonyl (C=O) groups excluding carboxylic acids is 1. The van der Waals surface area contributed by atoms with Crippen LogP contribution in [0, 0.1) is 5.92 Å². The summed E-state index contributed by atoms with van der Waals surface area (Å²) < 4.78 is 0. The van der Waals surface area contributed by atoms with Crippen molar-refractivity contribution in [1.29, 1.82) is 0 Å². The number of rotatable bonds is 4. The Hall–Kier alpha value is -0.620. The van der Waals surface area contributed by atoms with E-state index in [0.29, 0.717) is 5.92 Å². The van der Waals surface area contributed by atoms with Crippen molar-refractivity contribution in [2.45, 2.75) is 39.7 Å². The summed E-state index contributed by atoms with van der Waals surface area (Å²) in [6, 6.07) is 0.146. The predicted octanol–water partition coefficient (Wildman–Crippen LogP) is 2.15. The molecule has 1 atom stereocenters. The standard InChI is InChI=1S/C8H15NO/c1-4-8(5-2)7(3)9-6-10/h7-8H,4-5H2,1-3H3/t7-/m0/s1. The number of hydrogen-bond acceptors (Lipinski definition) is 2. The zero-order valence-corrected chi connectivity index (χ0v) is 6.92. The lowest BCUT2D eigenvalue weighted by atomic mass is 9.96. The Morgan fingerprint density at radius 3 is 2.20 bits per heavy atom. The third-order valence-electron chi connectivity index (χ3n) is 1.99. The highest BCUT2D eigenvalue weighted by atomic mass is 16.1. The molecule has 0 aliphatic rings. The Labute approximate surface area is 62.4 Å². The van der Waals surface area contributed by atoms with Gasteiger partial charge < -0.3 is 0 Å². The first kappa shape index (κ1) is 9.38. The van der Waals surface area contributed by atoms with Crippen LogP contribution in [0.5, 0.6) is 0 Å². The molecular weight excluding hydrogens is 126 g/mol. The van der Waals surface area contributed by atoms with Crippen LogP contribution in [0.25, 0.3) is 0 Å². The molecule has 0 spiro atoms. The van der Waals surface area contributed by atoms with Crippen LogP contribution < -0.4 is 0 Å². The second kappa shape index (κ2) is 5.19. The molecule has 0 heterocycles. The molecule has 0 N–H and O–H groups in total. The van der Waals surface area contributed by atoms with Crippen molar-refractivity contribution < 1.29 is 4.79 Å². The molecule has 0 radical (unpaired) electrons. The highest BCUT2D eigenvalue weighted by Crippen LogP contribution is 2.14. The van der Waals surface area contributed by atoms with Crippen LogP contribution in [-0.4, -0.2) is 12.1 Å². The van der Waals surface area contributed by atoms with Gasteiger partial charge in [-0.25, -0.2) is 9.79 Å². The van der Waals surface area contributed by atoms with Crippen molar-refractivity contribution in [3.8, 4) is 0 Å². The van der Waals surface area contributed by atoms with E-state index in [1.165, 1.54) is 0 Å². The minimum Gasteiger partial charge on any atom is -0.211 e. The molecule has 0 bridgehead atoms. The molecule has 0 rings (SSSR count). The molecule has 10 heavy (non-hydrogen) atoms. The molecule has 0 fully saturated rings. The quantitative estimate of drug-likeness (QED) is 0.435. The fourth-order valence-electron chi connectivity index (χ4n) is 1.16. The van der Waals surface area contributed by atoms with Gasteiger partial charge in [0.25, 0.3) is 0 Å². The first-order chi connectivity index (χ1) is 4.76. The molecule has 58 valence electrons. The highest BCUT2D eigenvalue weighted by molar-refractivity contribution is 5.33. The summed E-state index contributed by atoms with van der Waals surface area (Å²) in [6.07, 6.45) is 3.76. The third kappa shape index (κ3) is 2.79. The van der Waals surface area contributed by atoms with Crippen LogP contribution in [0.1, 0.15) is 33.6 Å². The van der Waals surface area contributed by atoms with E-state index < -0.39 is 0 Å². The molecule has 2 heteroatoms. The minimum atomic E-state index is 0.146. The van der Waals surface area contributed by atoms with Gasteiger partial charge in [0, 0.05) is 0 Å². The number of aliphatic imine (C=N–C) groups is 1. The van der Waals surface area contributed by atoms with E-state index in [0.717, 1.165) is 12.8 Å². The topological polar surface area (TPSA) is 29.4 Å². The third-order valence-corrected chi connectivity index (χ3v) is 1.99. The summed E-state index contributed by atoms with van der Waals surface area (Å²) in [7, 11) is 0. The molecule has 0 aromatic carbocycles. The zero-order valence-electron chi connectivity index (χ0n) is 6.92. The van der Waals surface area contributed by atoms with Gasteiger partial charge in [0.2, 0.25) is 6.08 Å². The van der Waals surface area contributed by atoms with Gasteiger partial charge in [-0.2, -0.15) is 0 Å². The number of nitrogens with zero attached hydrogens (tertiary/aromatic N) is 1. The summed E-state index contributed by atoms with van der Waals surface area (Å²) in [6.45, 7) is 6.19. The van der Waals surface area contributed by atoms with Crippen LogP contribution in [0.15, 0.2) is 4.99 Å². The molecule has 0 aliphatic carbocycles. The Balaban J connectivity index is 3.87. The van der Waals surface area contributed by atoms with Crippen molar-refractivity contribution in [3.05, 3.63) is 0 Å². The summed E-state index contributed by atoms with van der Waals surface area (Å²) in [5, 5.41) is 0. The Bertz CT molecular complexity index is 123. The lowest BCUT2D eigenvalue weighted by Crippen LogP contribution is -2.12. The van der Waals surface area contributed by atoms with E-state index in [2.05, 4.69) is 18.8 Å². The molecular formula is C8H15NO. The van der Waals surface area contributed by atoms with Gasteiger partial charge in [0.15, 0.2) is 0 Å². The summed E-state index contributed by atoms with van der Waals surface area (Å²) >= 11 is 0. The van der Waals surface area contributed by atoms with Crippen molar-refractivity contribution in [3.63, 3.8) is 0 Å². The van der Waals surface area contributed by atoms with Gasteiger partial charge in [-0.1, -0.05) is 26.7 Å². The lowest BCUT2D eigenvalue weighted by Gasteiger charge is -2.14. The second-order valence-corrected chi connectivity index (χ2v) is 2.54. The first-order valence-electron chi connectivity index (χ1n) is 3.83. The largest absolute Gasteiger partial charge is 0.235 e. The maximum Gasteiger partial charge on any atom is 0.235 e. The SMILES string of the molecule is CCC(CC)[C@H](C)N=C=O.